The van der Waals surface area contributed by atoms with Crippen LogP contribution in [0.25, 0.3) is 0 Å². The number of rotatable bonds is 6. The van der Waals surface area contributed by atoms with Crippen molar-refractivity contribution in [1.29, 1.82) is 0 Å². The molecule has 1 aliphatic heterocycles. The molecule has 0 atom stereocenters. The number of carbonyl (C=O) groups is 2. The Morgan fingerprint density at radius 2 is 1.74 bits per heavy atom. The molecule has 0 aromatic heterocycles. The number of anilines is 1. The second-order valence-corrected chi connectivity index (χ2v) is 9.30. The van der Waals surface area contributed by atoms with Crippen molar-refractivity contribution in [3.8, 4) is 0 Å². The number of benzene rings is 2. The van der Waals surface area contributed by atoms with Gasteiger partial charge in [-0.25, -0.2) is 22.0 Å². The van der Waals surface area contributed by atoms with Gasteiger partial charge in [-0.2, -0.15) is 4.31 Å². The lowest BCUT2D eigenvalue weighted by molar-refractivity contribution is -0.119. The molecule has 2 aromatic carbocycles. The minimum atomic E-state index is -3.64. The molecule has 0 unspecified atom stereocenters. The van der Waals surface area contributed by atoms with Crippen LogP contribution in [-0.2, 0) is 19.6 Å². The maximum atomic E-state index is 13.5. The Hall–Kier alpha value is -2.85. The van der Waals surface area contributed by atoms with Crippen LogP contribution < -0.4 is 5.32 Å². The number of amides is 1. The Balaban J connectivity index is 1.57. The van der Waals surface area contributed by atoms with Gasteiger partial charge in [0.05, 0.1) is 16.1 Å². The highest BCUT2D eigenvalue weighted by Gasteiger charge is 2.28. The van der Waals surface area contributed by atoms with Gasteiger partial charge in [-0.15, -0.1) is 0 Å². The van der Waals surface area contributed by atoms with Gasteiger partial charge in [-0.1, -0.05) is 6.92 Å². The lowest BCUT2D eigenvalue weighted by Crippen LogP contribution is -2.37. The van der Waals surface area contributed by atoms with Crippen molar-refractivity contribution >= 4 is 27.6 Å². The zero-order valence-electron chi connectivity index (χ0n) is 16.8. The molecular formula is C21H22F2N2O5S. The highest BCUT2D eigenvalue weighted by Crippen LogP contribution is 2.23. The SMILES string of the molecule is CC1CCN(S(=O)(=O)c2ccc(C(=O)OCC(=O)Nc3cc(F)ccc3F)cc2)CC1. The predicted octanol–water partition coefficient (Wildman–Crippen LogP) is 3.18. The molecule has 1 amide bonds. The summed E-state index contributed by atoms with van der Waals surface area (Å²) in [4.78, 5) is 24.0. The van der Waals surface area contributed by atoms with E-state index in [1.807, 2.05) is 0 Å². The van der Waals surface area contributed by atoms with Gasteiger partial charge < -0.3 is 10.1 Å². The van der Waals surface area contributed by atoms with Gasteiger partial charge in [-0.3, -0.25) is 4.79 Å². The molecule has 1 saturated heterocycles. The van der Waals surface area contributed by atoms with Crippen LogP contribution in [0.15, 0.2) is 47.4 Å². The molecule has 31 heavy (non-hydrogen) atoms. The van der Waals surface area contributed by atoms with Crippen molar-refractivity contribution in [2.45, 2.75) is 24.7 Å². The second kappa shape index (κ2) is 9.52. The Labute approximate surface area is 179 Å². The Kier molecular flexibility index (Phi) is 7.01. The molecule has 1 aliphatic rings. The first-order valence-corrected chi connectivity index (χ1v) is 11.1. The quantitative estimate of drug-likeness (QED) is 0.680. The van der Waals surface area contributed by atoms with Gasteiger partial charge in [0.25, 0.3) is 5.91 Å². The van der Waals surface area contributed by atoms with E-state index in [0.29, 0.717) is 19.0 Å². The first-order chi connectivity index (χ1) is 14.7. The third-order valence-electron chi connectivity index (χ3n) is 5.01. The van der Waals surface area contributed by atoms with Crippen molar-refractivity contribution in [3.05, 3.63) is 59.7 Å². The number of sulfonamides is 1. The van der Waals surface area contributed by atoms with Crippen molar-refractivity contribution < 1.29 is 31.5 Å². The fraction of sp³-hybridized carbons (Fsp3) is 0.333. The van der Waals surface area contributed by atoms with E-state index in [-0.39, 0.29) is 16.1 Å². The summed E-state index contributed by atoms with van der Waals surface area (Å²) in [5, 5.41) is 2.11. The molecule has 0 radical (unpaired) electrons. The number of halogens is 2. The van der Waals surface area contributed by atoms with E-state index >= 15 is 0 Å². The third kappa shape index (κ3) is 5.65. The number of ether oxygens (including phenoxy) is 1. The summed E-state index contributed by atoms with van der Waals surface area (Å²) in [5.74, 6) is -2.79. The molecular weight excluding hydrogens is 430 g/mol. The van der Waals surface area contributed by atoms with Gasteiger partial charge in [0.1, 0.15) is 11.6 Å². The van der Waals surface area contributed by atoms with E-state index in [2.05, 4.69) is 12.2 Å². The zero-order valence-corrected chi connectivity index (χ0v) is 17.6. The molecule has 10 heteroatoms. The van der Waals surface area contributed by atoms with Gasteiger partial charge in [0, 0.05) is 19.2 Å². The highest BCUT2D eigenvalue weighted by molar-refractivity contribution is 7.89. The van der Waals surface area contributed by atoms with Crippen LogP contribution in [0.2, 0.25) is 0 Å². The number of piperidine rings is 1. The van der Waals surface area contributed by atoms with Crippen LogP contribution in [-0.4, -0.2) is 44.3 Å². The van der Waals surface area contributed by atoms with E-state index in [4.69, 9.17) is 4.74 Å². The van der Waals surface area contributed by atoms with Crippen LogP contribution in [0.3, 0.4) is 0 Å². The second-order valence-electron chi connectivity index (χ2n) is 7.36. The van der Waals surface area contributed by atoms with Crippen LogP contribution in [0.5, 0.6) is 0 Å². The summed E-state index contributed by atoms with van der Waals surface area (Å²) in [7, 11) is -3.64. The van der Waals surface area contributed by atoms with Crippen LogP contribution in [0.1, 0.15) is 30.1 Å². The molecule has 166 valence electrons. The Morgan fingerprint density at radius 1 is 1.10 bits per heavy atom. The number of hydrogen-bond acceptors (Lipinski definition) is 5. The van der Waals surface area contributed by atoms with E-state index in [9.17, 15) is 26.8 Å². The summed E-state index contributed by atoms with van der Waals surface area (Å²) in [6.07, 6.45) is 1.59. The third-order valence-corrected chi connectivity index (χ3v) is 6.92. The number of carbonyl (C=O) groups excluding carboxylic acids is 2. The molecule has 3 rings (SSSR count). The molecule has 1 fully saturated rings. The molecule has 0 aliphatic carbocycles. The van der Waals surface area contributed by atoms with Crippen LogP contribution in [0.4, 0.5) is 14.5 Å². The number of nitrogens with one attached hydrogen (secondary N) is 1. The Bertz CT molecular complexity index is 1070. The molecule has 2 aromatic rings. The van der Waals surface area contributed by atoms with E-state index in [1.54, 1.807) is 0 Å². The normalized spacial score (nSPS) is 15.5. The van der Waals surface area contributed by atoms with E-state index in [0.717, 1.165) is 31.0 Å². The summed E-state index contributed by atoms with van der Waals surface area (Å²) in [6.45, 7) is 2.27. The lowest BCUT2D eigenvalue weighted by atomic mass is 10.0. The average molecular weight is 452 g/mol. The fourth-order valence-electron chi connectivity index (χ4n) is 3.13. The zero-order chi connectivity index (χ0) is 22.6. The average Bonchev–Trinajstić information content (AvgIpc) is 2.75. The summed E-state index contributed by atoms with van der Waals surface area (Å²) in [6, 6.07) is 7.78. The number of hydrogen-bond donors (Lipinski definition) is 1. The lowest BCUT2D eigenvalue weighted by Gasteiger charge is -2.29. The smallest absolute Gasteiger partial charge is 0.338 e. The largest absolute Gasteiger partial charge is 0.452 e. The van der Waals surface area contributed by atoms with Crippen LogP contribution in [0, 0.1) is 17.6 Å². The van der Waals surface area contributed by atoms with Gasteiger partial charge in [-0.05, 0) is 55.2 Å². The predicted molar refractivity (Wildman–Crippen MR) is 109 cm³/mol. The van der Waals surface area contributed by atoms with E-state index in [1.165, 1.54) is 28.6 Å². The molecule has 1 N–H and O–H groups in total. The molecule has 1 heterocycles. The minimum Gasteiger partial charge on any atom is -0.452 e. The first kappa shape index (κ1) is 22.8. The first-order valence-electron chi connectivity index (χ1n) is 9.69. The molecule has 0 bridgehead atoms. The Morgan fingerprint density at radius 3 is 2.39 bits per heavy atom. The minimum absolute atomic E-state index is 0.0518. The maximum Gasteiger partial charge on any atom is 0.338 e. The van der Waals surface area contributed by atoms with Gasteiger partial charge in [0.15, 0.2) is 6.61 Å². The van der Waals surface area contributed by atoms with Gasteiger partial charge in [0.2, 0.25) is 10.0 Å². The molecule has 0 spiro atoms. The maximum absolute atomic E-state index is 13.5. The van der Waals surface area contributed by atoms with E-state index < -0.39 is 40.1 Å². The van der Waals surface area contributed by atoms with Crippen molar-refractivity contribution in [2.24, 2.45) is 5.92 Å². The number of nitrogens with zero attached hydrogens (tertiary/aromatic N) is 1. The summed E-state index contributed by atoms with van der Waals surface area (Å²) < 4.78 is 58.4. The highest BCUT2D eigenvalue weighted by atomic mass is 32.2. The molecule has 7 nitrogen and oxygen atoms in total. The van der Waals surface area contributed by atoms with Crippen molar-refractivity contribution in [3.63, 3.8) is 0 Å². The standard InChI is InChI=1S/C21H22F2N2O5S/c1-14-8-10-25(11-9-14)31(28,29)17-5-2-15(3-6-17)21(27)30-13-20(26)24-19-12-16(22)4-7-18(19)23/h2-7,12,14H,8-11,13H2,1H3,(H,24,26). The number of esters is 1. The summed E-state index contributed by atoms with van der Waals surface area (Å²) in [5.41, 5.74) is -0.321. The monoisotopic (exact) mass is 452 g/mol. The van der Waals surface area contributed by atoms with Gasteiger partial charge >= 0.3 is 5.97 Å². The summed E-state index contributed by atoms with van der Waals surface area (Å²) >= 11 is 0. The molecule has 0 saturated carbocycles. The topological polar surface area (TPSA) is 92.8 Å². The van der Waals surface area contributed by atoms with Crippen molar-refractivity contribution in [1.82, 2.24) is 4.31 Å². The van der Waals surface area contributed by atoms with Crippen LogP contribution >= 0.6 is 0 Å². The van der Waals surface area contributed by atoms with Crippen molar-refractivity contribution in [2.75, 3.05) is 25.0 Å². The fourth-order valence-corrected chi connectivity index (χ4v) is 4.60.